The number of ether oxygens (including phenoxy) is 1. The van der Waals surface area contributed by atoms with E-state index in [0.717, 1.165) is 16.8 Å². The van der Waals surface area contributed by atoms with Gasteiger partial charge in [-0.2, -0.15) is 5.10 Å². The van der Waals surface area contributed by atoms with Gasteiger partial charge in [-0.05, 0) is 32.0 Å². The molecule has 0 aliphatic carbocycles. The zero-order valence-corrected chi connectivity index (χ0v) is 15.3. The van der Waals surface area contributed by atoms with E-state index in [2.05, 4.69) is 10.1 Å². The van der Waals surface area contributed by atoms with Crippen LogP contribution in [0.15, 0.2) is 30.3 Å². The maximum absolute atomic E-state index is 13.6. The average molecular weight is 356 g/mol. The van der Waals surface area contributed by atoms with Crippen molar-refractivity contribution in [1.29, 1.82) is 0 Å². The first-order valence-electron chi connectivity index (χ1n) is 8.32. The average Bonchev–Trinajstić information content (AvgIpc) is 2.89. The number of hydrogen-bond acceptors (Lipinski definition) is 4. The van der Waals surface area contributed by atoms with Crippen molar-refractivity contribution in [3.05, 3.63) is 53.1 Å². The summed E-state index contributed by atoms with van der Waals surface area (Å²) in [4.78, 5) is 18.9. The first kappa shape index (κ1) is 17.8. The summed E-state index contributed by atoms with van der Waals surface area (Å²) in [6, 6.07) is 7.98. The van der Waals surface area contributed by atoms with Crippen molar-refractivity contribution in [1.82, 2.24) is 19.7 Å². The Hall–Kier alpha value is -2.96. The number of hydrogen-bond donors (Lipinski definition) is 0. The third-order valence-electron chi connectivity index (χ3n) is 4.19. The summed E-state index contributed by atoms with van der Waals surface area (Å²) in [5.41, 5.74) is 2.75. The lowest BCUT2D eigenvalue weighted by atomic mass is 10.1. The van der Waals surface area contributed by atoms with E-state index >= 15 is 0 Å². The number of para-hydroxylation sites is 1. The van der Waals surface area contributed by atoms with Gasteiger partial charge in [-0.1, -0.05) is 12.1 Å². The molecule has 3 aromatic rings. The lowest BCUT2D eigenvalue weighted by Gasteiger charge is -2.18. The molecule has 0 bridgehead atoms. The fourth-order valence-corrected chi connectivity index (χ4v) is 2.90. The number of nitrogens with zero attached hydrogens (tertiary/aromatic N) is 4. The molecule has 1 aromatic carbocycles. The number of fused-ring (bicyclic) bond motifs is 1. The van der Waals surface area contributed by atoms with E-state index in [4.69, 9.17) is 4.74 Å². The predicted molar refractivity (Wildman–Crippen MR) is 96.8 cm³/mol. The summed E-state index contributed by atoms with van der Waals surface area (Å²) in [5.74, 6) is -0.383. The molecule has 2 heterocycles. The fourth-order valence-electron chi connectivity index (χ4n) is 2.90. The van der Waals surface area contributed by atoms with Crippen LogP contribution in [0.5, 0.6) is 5.75 Å². The smallest absolute Gasteiger partial charge is 0.254 e. The van der Waals surface area contributed by atoms with Crippen molar-refractivity contribution < 1.29 is 13.9 Å². The van der Waals surface area contributed by atoms with Crippen LogP contribution in [0.1, 0.15) is 21.7 Å². The van der Waals surface area contributed by atoms with E-state index in [0.29, 0.717) is 17.8 Å². The van der Waals surface area contributed by atoms with Gasteiger partial charge >= 0.3 is 0 Å². The molecule has 0 unspecified atom stereocenters. The monoisotopic (exact) mass is 356 g/mol. The van der Waals surface area contributed by atoms with Gasteiger partial charge in [-0.15, -0.1) is 0 Å². The molecule has 0 atom stereocenters. The number of halogens is 1. The highest BCUT2D eigenvalue weighted by molar-refractivity contribution is 6.06. The van der Waals surface area contributed by atoms with Crippen LogP contribution < -0.4 is 4.74 Å². The van der Waals surface area contributed by atoms with Crippen molar-refractivity contribution >= 4 is 16.9 Å². The van der Waals surface area contributed by atoms with Gasteiger partial charge in [0.05, 0.1) is 23.2 Å². The van der Waals surface area contributed by atoms with Gasteiger partial charge in [-0.25, -0.2) is 9.37 Å². The third kappa shape index (κ3) is 3.37. The van der Waals surface area contributed by atoms with E-state index in [1.807, 2.05) is 20.9 Å². The molecule has 0 N–H and O–H groups in total. The van der Waals surface area contributed by atoms with Gasteiger partial charge in [0, 0.05) is 19.8 Å². The maximum Gasteiger partial charge on any atom is 0.254 e. The standard InChI is InChI=1S/C19H21FN4O2/c1-12-11-14(17-13(2)22-24(4)18(17)21-12)19(25)23(3)9-10-26-16-8-6-5-7-15(16)20/h5-8,11H,9-10H2,1-4H3. The molecule has 136 valence electrons. The largest absolute Gasteiger partial charge is 0.489 e. The van der Waals surface area contributed by atoms with Crippen molar-refractivity contribution in [3.8, 4) is 5.75 Å². The summed E-state index contributed by atoms with van der Waals surface area (Å²) in [6.07, 6.45) is 0. The molecule has 0 saturated heterocycles. The van der Waals surface area contributed by atoms with Crippen LogP contribution >= 0.6 is 0 Å². The van der Waals surface area contributed by atoms with E-state index in [-0.39, 0.29) is 18.3 Å². The molecule has 6 nitrogen and oxygen atoms in total. The van der Waals surface area contributed by atoms with Crippen molar-refractivity contribution in [3.63, 3.8) is 0 Å². The quantitative estimate of drug-likeness (QED) is 0.705. The Labute approximate surface area is 151 Å². The van der Waals surface area contributed by atoms with E-state index in [9.17, 15) is 9.18 Å². The molecular weight excluding hydrogens is 335 g/mol. The Kier molecular flexibility index (Phi) is 4.88. The number of amides is 1. The van der Waals surface area contributed by atoms with Crippen molar-refractivity contribution in [2.24, 2.45) is 7.05 Å². The minimum atomic E-state index is -0.418. The Morgan fingerprint density at radius 1 is 1.31 bits per heavy atom. The Bertz CT molecular complexity index is 968. The summed E-state index contributed by atoms with van der Waals surface area (Å²) in [6.45, 7) is 4.23. The minimum absolute atomic E-state index is 0.145. The molecule has 26 heavy (non-hydrogen) atoms. The number of carbonyl (C=O) groups is 1. The molecule has 0 saturated carbocycles. The fraction of sp³-hybridized carbons (Fsp3) is 0.316. The zero-order valence-electron chi connectivity index (χ0n) is 15.3. The van der Waals surface area contributed by atoms with Crippen LogP contribution in [0.3, 0.4) is 0 Å². The van der Waals surface area contributed by atoms with Crippen molar-refractivity contribution in [2.75, 3.05) is 20.2 Å². The van der Waals surface area contributed by atoms with Crippen LogP contribution in [-0.2, 0) is 7.05 Å². The van der Waals surface area contributed by atoms with Crippen LogP contribution in [0.2, 0.25) is 0 Å². The molecule has 0 aliphatic rings. The van der Waals surface area contributed by atoms with Crippen LogP contribution in [0, 0.1) is 19.7 Å². The second-order valence-corrected chi connectivity index (χ2v) is 6.22. The number of benzene rings is 1. The number of aromatic nitrogens is 3. The number of rotatable bonds is 5. The van der Waals surface area contributed by atoms with E-state index in [1.54, 1.807) is 40.9 Å². The van der Waals surface area contributed by atoms with E-state index in [1.165, 1.54) is 6.07 Å². The lowest BCUT2D eigenvalue weighted by molar-refractivity contribution is 0.0774. The highest BCUT2D eigenvalue weighted by atomic mass is 19.1. The molecule has 0 aliphatic heterocycles. The second-order valence-electron chi connectivity index (χ2n) is 6.22. The van der Waals surface area contributed by atoms with Gasteiger partial charge in [0.2, 0.25) is 0 Å². The maximum atomic E-state index is 13.6. The van der Waals surface area contributed by atoms with Gasteiger partial charge < -0.3 is 9.64 Å². The van der Waals surface area contributed by atoms with Crippen LogP contribution in [0.25, 0.3) is 11.0 Å². The zero-order chi connectivity index (χ0) is 18.8. The first-order valence-corrected chi connectivity index (χ1v) is 8.32. The topological polar surface area (TPSA) is 60.3 Å². The summed E-state index contributed by atoms with van der Waals surface area (Å²) < 4.78 is 20.7. The first-order chi connectivity index (χ1) is 12.4. The lowest BCUT2D eigenvalue weighted by Crippen LogP contribution is -2.31. The summed E-state index contributed by atoms with van der Waals surface area (Å²) in [5, 5.41) is 5.12. The summed E-state index contributed by atoms with van der Waals surface area (Å²) in [7, 11) is 3.50. The minimum Gasteiger partial charge on any atom is -0.489 e. The third-order valence-corrected chi connectivity index (χ3v) is 4.19. The van der Waals surface area contributed by atoms with E-state index < -0.39 is 5.82 Å². The number of likely N-dealkylation sites (N-methyl/N-ethyl adjacent to an activating group) is 1. The molecule has 3 rings (SSSR count). The van der Waals surface area contributed by atoms with Crippen LogP contribution in [-0.4, -0.2) is 45.8 Å². The number of carbonyl (C=O) groups excluding carboxylic acids is 1. The van der Waals surface area contributed by atoms with Gasteiger partial charge in [0.25, 0.3) is 5.91 Å². The van der Waals surface area contributed by atoms with Crippen molar-refractivity contribution in [2.45, 2.75) is 13.8 Å². The Morgan fingerprint density at radius 2 is 2.04 bits per heavy atom. The second kappa shape index (κ2) is 7.11. The van der Waals surface area contributed by atoms with Crippen LogP contribution in [0.4, 0.5) is 4.39 Å². The molecular formula is C19H21FN4O2. The predicted octanol–water partition coefficient (Wildman–Crippen LogP) is 2.88. The molecule has 0 fully saturated rings. The summed E-state index contributed by atoms with van der Waals surface area (Å²) >= 11 is 0. The van der Waals surface area contributed by atoms with Gasteiger partial charge in [0.1, 0.15) is 6.61 Å². The Balaban J connectivity index is 1.77. The molecule has 0 radical (unpaired) electrons. The number of pyridine rings is 1. The number of aryl methyl sites for hydroxylation is 3. The molecule has 7 heteroatoms. The normalized spacial score (nSPS) is 11.0. The SMILES string of the molecule is Cc1cc(C(=O)N(C)CCOc2ccccc2F)c2c(C)nn(C)c2n1. The van der Waals surface area contributed by atoms with Gasteiger partial charge in [-0.3, -0.25) is 9.48 Å². The highest BCUT2D eigenvalue weighted by Gasteiger charge is 2.20. The Morgan fingerprint density at radius 3 is 2.77 bits per heavy atom. The molecule has 1 amide bonds. The molecule has 2 aromatic heterocycles. The van der Waals surface area contributed by atoms with Gasteiger partial charge in [0.15, 0.2) is 17.2 Å². The highest BCUT2D eigenvalue weighted by Crippen LogP contribution is 2.23. The molecule has 0 spiro atoms.